The molecular weight excluding hydrogens is 280 g/mol. The van der Waals surface area contributed by atoms with Crippen molar-refractivity contribution in [1.82, 2.24) is 4.31 Å². The van der Waals surface area contributed by atoms with Gasteiger partial charge in [0.1, 0.15) is 10.6 Å². The second-order valence-corrected chi connectivity index (χ2v) is 6.69. The van der Waals surface area contributed by atoms with E-state index in [1.807, 2.05) is 0 Å². The van der Waals surface area contributed by atoms with E-state index >= 15 is 0 Å². The number of hydrogen-bond donors (Lipinski definition) is 1. The first-order valence-electron chi connectivity index (χ1n) is 6.43. The van der Waals surface area contributed by atoms with Gasteiger partial charge in [-0.3, -0.25) is 0 Å². The van der Waals surface area contributed by atoms with Crippen LogP contribution in [0.25, 0.3) is 0 Å². The molecule has 1 aliphatic rings. The van der Waals surface area contributed by atoms with Crippen molar-refractivity contribution in [2.45, 2.75) is 23.9 Å². The summed E-state index contributed by atoms with van der Waals surface area (Å²) in [4.78, 5) is 0.150. The molecule has 1 aliphatic heterocycles. The van der Waals surface area contributed by atoms with Gasteiger partial charge >= 0.3 is 0 Å². The highest BCUT2D eigenvalue weighted by molar-refractivity contribution is 7.89. The molecule has 7 heteroatoms. The van der Waals surface area contributed by atoms with Crippen LogP contribution in [0.15, 0.2) is 23.1 Å². The molecule has 1 saturated heterocycles. The van der Waals surface area contributed by atoms with Crippen molar-refractivity contribution in [3.63, 3.8) is 0 Å². The number of nitrogens with two attached hydrogens (primary N) is 1. The summed E-state index contributed by atoms with van der Waals surface area (Å²) in [6.45, 7) is 1.29. The van der Waals surface area contributed by atoms with E-state index in [-0.39, 0.29) is 17.5 Å². The molecule has 1 aromatic rings. The minimum absolute atomic E-state index is 0.133. The Morgan fingerprint density at radius 2 is 2.25 bits per heavy atom. The monoisotopic (exact) mass is 300 g/mol. The Morgan fingerprint density at radius 3 is 2.80 bits per heavy atom. The van der Waals surface area contributed by atoms with E-state index in [2.05, 4.69) is 0 Å². The van der Waals surface area contributed by atoms with Crippen molar-refractivity contribution in [2.75, 3.05) is 27.4 Å². The van der Waals surface area contributed by atoms with Crippen molar-refractivity contribution in [2.24, 2.45) is 5.73 Å². The molecule has 2 rings (SSSR count). The number of ether oxygens (including phenoxy) is 2. The summed E-state index contributed by atoms with van der Waals surface area (Å²) in [6.07, 6.45) is 0.703. The van der Waals surface area contributed by atoms with Gasteiger partial charge in [-0.2, -0.15) is 4.31 Å². The molecule has 2 N–H and O–H groups in total. The Morgan fingerprint density at radius 1 is 1.50 bits per heavy atom. The van der Waals surface area contributed by atoms with E-state index in [0.717, 1.165) is 5.56 Å². The SMILES string of the molecule is COc1ccc(CN)cc1S(=O)(=O)N(C)C1CCOC1. The van der Waals surface area contributed by atoms with E-state index in [1.54, 1.807) is 25.2 Å². The normalized spacial score (nSPS) is 19.5. The van der Waals surface area contributed by atoms with Crippen LogP contribution in [0.3, 0.4) is 0 Å². The van der Waals surface area contributed by atoms with Crippen LogP contribution in [0, 0.1) is 0 Å². The van der Waals surface area contributed by atoms with Crippen LogP contribution in [0.5, 0.6) is 5.75 Å². The zero-order chi connectivity index (χ0) is 14.8. The molecule has 20 heavy (non-hydrogen) atoms. The van der Waals surface area contributed by atoms with Crippen molar-refractivity contribution < 1.29 is 17.9 Å². The standard InChI is InChI=1S/C13H20N2O4S/c1-15(11-5-6-19-9-11)20(16,17)13-7-10(8-14)3-4-12(13)18-2/h3-4,7,11H,5-6,8-9,14H2,1-2H3. The van der Waals surface area contributed by atoms with Gasteiger partial charge in [-0.15, -0.1) is 0 Å². The van der Waals surface area contributed by atoms with Crippen LogP contribution in [0.4, 0.5) is 0 Å². The highest BCUT2D eigenvalue weighted by Gasteiger charge is 2.32. The maximum absolute atomic E-state index is 12.7. The van der Waals surface area contributed by atoms with Crippen LogP contribution in [-0.4, -0.2) is 46.1 Å². The van der Waals surface area contributed by atoms with Crippen LogP contribution < -0.4 is 10.5 Å². The molecule has 6 nitrogen and oxygen atoms in total. The average Bonchev–Trinajstić information content (AvgIpc) is 2.99. The lowest BCUT2D eigenvalue weighted by Gasteiger charge is -2.23. The largest absolute Gasteiger partial charge is 0.495 e. The number of hydrogen-bond acceptors (Lipinski definition) is 5. The minimum atomic E-state index is -3.62. The fraction of sp³-hybridized carbons (Fsp3) is 0.538. The molecule has 0 radical (unpaired) electrons. The zero-order valence-corrected chi connectivity index (χ0v) is 12.5. The maximum atomic E-state index is 12.7. The smallest absolute Gasteiger partial charge is 0.246 e. The van der Waals surface area contributed by atoms with Crippen LogP contribution in [-0.2, 0) is 21.3 Å². The molecule has 0 bridgehead atoms. The molecule has 1 fully saturated rings. The van der Waals surface area contributed by atoms with E-state index < -0.39 is 10.0 Å². The molecule has 1 heterocycles. The quantitative estimate of drug-likeness (QED) is 0.859. The molecule has 112 valence electrons. The summed E-state index contributed by atoms with van der Waals surface area (Å²) in [5.41, 5.74) is 6.33. The maximum Gasteiger partial charge on any atom is 0.246 e. The molecule has 1 unspecified atom stereocenters. The van der Waals surface area contributed by atoms with Crippen LogP contribution in [0.2, 0.25) is 0 Å². The van der Waals surface area contributed by atoms with Gasteiger partial charge < -0.3 is 15.2 Å². The summed E-state index contributed by atoms with van der Waals surface area (Å²) in [5.74, 6) is 0.327. The molecule has 0 saturated carbocycles. The highest BCUT2D eigenvalue weighted by atomic mass is 32.2. The van der Waals surface area contributed by atoms with E-state index in [4.69, 9.17) is 15.2 Å². The van der Waals surface area contributed by atoms with E-state index in [9.17, 15) is 8.42 Å². The van der Waals surface area contributed by atoms with Gasteiger partial charge in [0.25, 0.3) is 0 Å². The van der Waals surface area contributed by atoms with Gasteiger partial charge in [0, 0.05) is 20.2 Å². The molecular formula is C13H20N2O4S. The topological polar surface area (TPSA) is 81.9 Å². The fourth-order valence-electron chi connectivity index (χ4n) is 2.21. The molecule has 0 amide bonds. The van der Waals surface area contributed by atoms with Crippen molar-refractivity contribution in [1.29, 1.82) is 0 Å². The summed E-state index contributed by atoms with van der Waals surface area (Å²) >= 11 is 0. The molecule has 0 spiro atoms. The van der Waals surface area contributed by atoms with Gasteiger partial charge in [-0.25, -0.2) is 8.42 Å². The highest BCUT2D eigenvalue weighted by Crippen LogP contribution is 2.29. The Balaban J connectivity index is 2.41. The summed E-state index contributed by atoms with van der Waals surface area (Å²) < 4.78 is 37.2. The van der Waals surface area contributed by atoms with Crippen molar-refractivity contribution >= 4 is 10.0 Å². The van der Waals surface area contributed by atoms with E-state index in [1.165, 1.54) is 11.4 Å². The first kappa shape index (κ1) is 15.2. The Hall–Kier alpha value is -1.15. The van der Waals surface area contributed by atoms with Crippen LogP contribution >= 0.6 is 0 Å². The minimum Gasteiger partial charge on any atom is -0.495 e. The van der Waals surface area contributed by atoms with E-state index in [0.29, 0.717) is 25.4 Å². The summed E-state index contributed by atoms with van der Waals surface area (Å²) in [5, 5.41) is 0. The van der Waals surface area contributed by atoms with Crippen LogP contribution in [0.1, 0.15) is 12.0 Å². The third-order valence-electron chi connectivity index (χ3n) is 3.54. The van der Waals surface area contributed by atoms with Crippen molar-refractivity contribution in [3.8, 4) is 5.75 Å². The number of rotatable bonds is 5. The number of sulfonamides is 1. The fourth-order valence-corrected chi connectivity index (χ4v) is 3.78. The predicted molar refractivity (Wildman–Crippen MR) is 75.1 cm³/mol. The predicted octanol–water partition coefficient (Wildman–Crippen LogP) is 0.563. The number of benzene rings is 1. The second-order valence-electron chi connectivity index (χ2n) is 4.73. The molecule has 1 aromatic carbocycles. The second kappa shape index (κ2) is 6.09. The zero-order valence-electron chi connectivity index (χ0n) is 11.7. The lowest BCUT2D eigenvalue weighted by Crippen LogP contribution is -2.37. The Kier molecular flexibility index (Phi) is 4.64. The van der Waals surface area contributed by atoms with Crippen molar-refractivity contribution in [3.05, 3.63) is 23.8 Å². The lowest BCUT2D eigenvalue weighted by molar-refractivity contribution is 0.180. The number of methoxy groups -OCH3 is 1. The summed E-state index contributed by atoms with van der Waals surface area (Å²) in [7, 11) is -0.599. The Bertz CT molecular complexity index is 568. The third-order valence-corrected chi connectivity index (χ3v) is 5.47. The summed E-state index contributed by atoms with van der Waals surface area (Å²) in [6, 6.07) is 4.83. The average molecular weight is 300 g/mol. The van der Waals surface area contributed by atoms with Gasteiger partial charge in [0.05, 0.1) is 19.8 Å². The first-order chi connectivity index (χ1) is 9.50. The molecule has 0 aromatic heterocycles. The third kappa shape index (κ3) is 2.80. The first-order valence-corrected chi connectivity index (χ1v) is 7.87. The number of nitrogens with zero attached hydrogens (tertiary/aromatic N) is 1. The Labute approximate surface area is 119 Å². The van der Waals surface area contributed by atoms with Gasteiger partial charge in [0.15, 0.2) is 0 Å². The lowest BCUT2D eigenvalue weighted by atomic mass is 10.2. The number of likely N-dealkylation sites (N-methyl/N-ethyl adjacent to an activating group) is 1. The molecule has 1 atom stereocenters. The van der Waals surface area contributed by atoms with Gasteiger partial charge in [-0.1, -0.05) is 6.07 Å². The van der Waals surface area contributed by atoms with Gasteiger partial charge in [0.2, 0.25) is 10.0 Å². The molecule has 0 aliphatic carbocycles. The van der Waals surface area contributed by atoms with Gasteiger partial charge in [-0.05, 0) is 24.1 Å².